The van der Waals surface area contributed by atoms with Crippen molar-refractivity contribution in [3.05, 3.63) is 114 Å². The Morgan fingerprint density at radius 3 is 2.08 bits per heavy atom. The first-order valence-corrected chi connectivity index (χ1v) is 25.6. The van der Waals surface area contributed by atoms with Crippen LogP contribution in [0.15, 0.2) is 80.0 Å². The second-order valence-electron chi connectivity index (χ2n) is 20.1. The number of carbonyl (C=O) groups excluding carboxylic acids is 2. The van der Waals surface area contributed by atoms with Gasteiger partial charge >= 0.3 is 0 Å². The van der Waals surface area contributed by atoms with Gasteiger partial charge in [0.2, 0.25) is 11.8 Å². The first-order chi connectivity index (χ1) is 35.5. The van der Waals surface area contributed by atoms with E-state index in [9.17, 15) is 25.2 Å². The maximum Gasteiger partial charge on any atom is 0.225 e. The fourth-order valence-electron chi connectivity index (χ4n) is 11.4. The van der Waals surface area contributed by atoms with Crippen molar-refractivity contribution in [2.45, 2.75) is 76.3 Å². The summed E-state index contributed by atoms with van der Waals surface area (Å²) in [6.07, 6.45) is 9.28. The summed E-state index contributed by atoms with van der Waals surface area (Å²) in [5, 5.41) is 32.9. The molecule has 1 N–H and O–H groups in total. The summed E-state index contributed by atoms with van der Waals surface area (Å²) >= 11 is 0. The molecule has 4 fully saturated rings. The average Bonchev–Trinajstić information content (AvgIpc) is 4.38. The van der Waals surface area contributed by atoms with Crippen molar-refractivity contribution in [1.82, 2.24) is 34.7 Å². The maximum atomic E-state index is 14.1. The van der Waals surface area contributed by atoms with Gasteiger partial charge in [-0.3, -0.25) is 9.59 Å². The molecule has 5 atom stereocenters. The van der Waals surface area contributed by atoms with Gasteiger partial charge in [0, 0.05) is 98.8 Å². The Morgan fingerprint density at radius 2 is 1.44 bits per heavy atom. The van der Waals surface area contributed by atoms with Crippen molar-refractivity contribution in [2.24, 2.45) is 11.8 Å². The van der Waals surface area contributed by atoms with Crippen molar-refractivity contribution in [2.75, 3.05) is 69.4 Å². The number of anilines is 2. The number of carbonyl (C=O) groups is 2. The molecule has 2 amide bonds. The number of aromatic nitrogens is 5. The van der Waals surface area contributed by atoms with Crippen molar-refractivity contribution in [1.29, 1.82) is 10.5 Å². The molecule has 372 valence electrons. The average molecular weight is 976 g/mol. The molecular formula is C58H61N11O4. The number of nitrogens with zero attached hydrogens (tertiary/aromatic N) is 11. The zero-order chi connectivity index (χ0) is 50.9. The predicted molar refractivity (Wildman–Crippen MR) is 283 cm³/mol. The summed E-state index contributed by atoms with van der Waals surface area (Å²) in [4.78, 5) is 60.1. The van der Waals surface area contributed by atoms with E-state index in [1.807, 2.05) is 65.4 Å². The number of benzene rings is 2. The molecule has 0 bridgehead atoms. The first-order valence-electron chi connectivity index (χ1n) is 25.6. The smallest absolute Gasteiger partial charge is 0.225 e. The van der Waals surface area contributed by atoms with E-state index in [1.54, 1.807) is 19.3 Å². The molecule has 2 aromatic carbocycles. The zero-order valence-electron chi connectivity index (χ0n) is 41.9. The third kappa shape index (κ3) is 9.75. The summed E-state index contributed by atoms with van der Waals surface area (Å²) in [6.45, 7) is 15.1. The fraction of sp³-hybridized carbons (Fsp3) is 0.397. The van der Waals surface area contributed by atoms with E-state index in [0.717, 1.165) is 86.8 Å². The van der Waals surface area contributed by atoms with Gasteiger partial charge in [0.1, 0.15) is 23.8 Å². The Morgan fingerprint density at radius 1 is 0.795 bits per heavy atom. The Bertz CT molecular complexity index is 3230. The van der Waals surface area contributed by atoms with E-state index < -0.39 is 0 Å². The van der Waals surface area contributed by atoms with Crippen LogP contribution in [0.1, 0.15) is 98.2 Å². The topological polar surface area (TPSA) is 189 Å². The number of methoxy groups -OCH3 is 1. The first kappa shape index (κ1) is 49.0. The highest BCUT2D eigenvalue weighted by atomic mass is 16.5. The van der Waals surface area contributed by atoms with Gasteiger partial charge in [-0.2, -0.15) is 10.5 Å². The number of pyridine rings is 3. The van der Waals surface area contributed by atoms with Crippen LogP contribution in [0.2, 0.25) is 0 Å². The van der Waals surface area contributed by atoms with Crippen LogP contribution in [-0.2, 0) is 14.3 Å². The molecule has 2 aliphatic carbocycles. The van der Waals surface area contributed by atoms with Crippen LogP contribution in [0.5, 0.6) is 0 Å². The van der Waals surface area contributed by atoms with Crippen molar-refractivity contribution in [3.63, 3.8) is 0 Å². The molecule has 2 saturated carbocycles. The number of ether oxygens (including phenoxy) is 1. The molecular weight excluding hydrogens is 915 g/mol. The van der Waals surface area contributed by atoms with Crippen LogP contribution < -0.4 is 9.80 Å². The molecule has 15 heteroatoms. The third-order valence-electron chi connectivity index (χ3n) is 15.4. The summed E-state index contributed by atoms with van der Waals surface area (Å²) in [7, 11) is 1.61. The van der Waals surface area contributed by atoms with Crippen LogP contribution in [0.4, 0.5) is 11.6 Å². The highest BCUT2D eigenvalue weighted by Gasteiger charge is 2.45. The fourth-order valence-corrected chi connectivity index (χ4v) is 11.4. The molecule has 10 rings (SSSR count). The Hall–Kier alpha value is -7.59. The molecule has 15 nitrogen and oxygen atoms in total. The van der Waals surface area contributed by atoms with Gasteiger partial charge in [-0.05, 0) is 98.1 Å². The van der Waals surface area contributed by atoms with E-state index in [-0.39, 0.29) is 67.0 Å². The van der Waals surface area contributed by atoms with Crippen LogP contribution >= 0.6 is 0 Å². The third-order valence-corrected chi connectivity index (χ3v) is 15.4. The van der Waals surface area contributed by atoms with Gasteiger partial charge in [0.25, 0.3) is 0 Å². The van der Waals surface area contributed by atoms with Gasteiger partial charge in [0.05, 0.1) is 64.9 Å². The Balaban J connectivity index is 0.975. The quantitative estimate of drug-likeness (QED) is 0.0973. The minimum absolute atomic E-state index is 0.0446. The van der Waals surface area contributed by atoms with Gasteiger partial charge in [-0.15, -0.1) is 0 Å². The van der Waals surface area contributed by atoms with Crippen LogP contribution in [0.25, 0.3) is 56.2 Å². The minimum atomic E-state index is -0.201. The lowest BCUT2D eigenvalue weighted by molar-refractivity contribution is -0.136. The standard InChI is InChI=1S/C58H61N11O4/c1-6-41-16-17-44-42(10-8-12-49(44)62-41)47-29-40(31-60)58(66-20-22-68(36(4)33-66)53(71)18-24-70)65-56(47)45-27-38(45)26-35(3)51-34-67(21-23-69(51)54(72)19-25-73-5)57-39(30-59)28-46(55(64-57)37-14-15-37)43-11-9-13-50-48(43)32-61-52(7-2)63-50/h6-13,16-17,28-29,32,35-38,45,51,70H,1-2,14-15,18-27,33-34H2,3-5H3. The number of hydrogen-bond donors (Lipinski definition) is 1. The SMILES string of the molecule is C=Cc1ccc2c(-c3cc(C#N)c(N4CCN(C(=O)CCO)C(C)C4)nc3C3CC3CC(C)C3CN(c4nc(C5CC5)c(-c5cccc6nc(C=C)ncc56)cc4C#N)CCN3C(=O)CCOC)cccc2n1. The lowest BCUT2D eigenvalue weighted by Gasteiger charge is -2.45. The molecule has 2 saturated heterocycles. The number of aliphatic hydroxyl groups is 1. The van der Waals surface area contributed by atoms with Crippen molar-refractivity contribution >= 4 is 57.4 Å². The Kier molecular flexibility index (Phi) is 14.0. The molecule has 5 unspecified atom stereocenters. The molecule has 4 aromatic heterocycles. The number of amides is 2. The number of piperazine rings is 2. The van der Waals surface area contributed by atoms with E-state index >= 15 is 0 Å². The molecule has 73 heavy (non-hydrogen) atoms. The summed E-state index contributed by atoms with van der Waals surface area (Å²) < 4.78 is 5.39. The number of fused-ring (bicyclic) bond motifs is 2. The molecule has 6 aromatic rings. The predicted octanol–water partition coefficient (Wildman–Crippen LogP) is 8.51. The number of nitriles is 2. The van der Waals surface area contributed by atoms with Gasteiger partial charge in [0.15, 0.2) is 5.82 Å². The van der Waals surface area contributed by atoms with Crippen LogP contribution in [-0.4, -0.2) is 123 Å². The van der Waals surface area contributed by atoms with E-state index in [1.165, 1.54) is 0 Å². The molecule has 2 aliphatic heterocycles. The summed E-state index contributed by atoms with van der Waals surface area (Å²) in [6, 6.07) is 24.7. The number of rotatable bonds is 16. The van der Waals surface area contributed by atoms with Gasteiger partial charge < -0.3 is 29.4 Å². The second-order valence-corrected chi connectivity index (χ2v) is 20.1. The molecule has 0 spiro atoms. The lowest BCUT2D eigenvalue weighted by atomic mass is 9.90. The zero-order valence-corrected chi connectivity index (χ0v) is 41.9. The van der Waals surface area contributed by atoms with Crippen LogP contribution in [0, 0.1) is 34.5 Å². The van der Waals surface area contributed by atoms with E-state index in [0.29, 0.717) is 74.5 Å². The number of aliphatic hydroxyl groups excluding tert-OH is 1. The van der Waals surface area contributed by atoms with Crippen LogP contribution in [0.3, 0.4) is 0 Å². The largest absolute Gasteiger partial charge is 0.396 e. The van der Waals surface area contributed by atoms with Crippen molar-refractivity contribution < 1.29 is 19.4 Å². The normalized spacial score (nSPS) is 20.1. The molecule has 6 heterocycles. The summed E-state index contributed by atoms with van der Waals surface area (Å²) in [5.74, 6) is 2.41. The van der Waals surface area contributed by atoms with E-state index in [4.69, 9.17) is 24.7 Å². The minimum Gasteiger partial charge on any atom is -0.396 e. The van der Waals surface area contributed by atoms with Gasteiger partial charge in [-0.25, -0.2) is 24.9 Å². The van der Waals surface area contributed by atoms with Crippen molar-refractivity contribution in [3.8, 4) is 34.4 Å². The molecule has 0 radical (unpaired) electrons. The maximum absolute atomic E-state index is 14.1. The lowest BCUT2D eigenvalue weighted by Crippen LogP contribution is -2.58. The second kappa shape index (κ2) is 20.9. The highest BCUT2D eigenvalue weighted by Crippen LogP contribution is 2.54. The highest BCUT2D eigenvalue weighted by molar-refractivity contribution is 5.97. The van der Waals surface area contributed by atoms with Gasteiger partial charge in [-0.1, -0.05) is 50.4 Å². The molecule has 4 aliphatic rings. The summed E-state index contributed by atoms with van der Waals surface area (Å²) in [5.41, 5.74) is 8.94. The van der Waals surface area contributed by atoms with E-state index in [2.05, 4.69) is 65.2 Å². The number of hydrogen-bond acceptors (Lipinski definition) is 13. The Labute approximate surface area is 426 Å². The monoisotopic (exact) mass is 975 g/mol.